The highest BCUT2D eigenvalue weighted by molar-refractivity contribution is 7.91. The molecule has 3 rings (SSSR count). The molecule has 0 spiro atoms. The average Bonchev–Trinajstić information content (AvgIpc) is 3.15. The molecule has 8 nitrogen and oxygen atoms in total. The van der Waals surface area contributed by atoms with Crippen molar-refractivity contribution in [3.8, 4) is 11.5 Å². The van der Waals surface area contributed by atoms with Crippen molar-refractivity contribution in [3.05, 3.63) is 35.5 Å². The lowest BCUT2D eigenvalue weighted by Gasteiger charge is -2.14. The molecule has 9 heteroatoms. The molecule has 1 unspecified atom stereocenters. The number of sulfone groups is 1. The number of aryl methyl sites for hydroxylation is 1. The van der Waals surface area contributed by atoms with Gasteiger partial charge in [0.25, 0.3) is 5.91 Å². The second-order valence-corrected chi connectivity index (χ2v) is 8.42. The summed E-state index contributed by atoms with van der Waals surface area (Å²) in [7, 11) is -0.0315. The molecule has 0 saturated carbocycles. The molecule has 0 radical (unpaired) electrons. The number of methoxy groups -OCH3 is 2. The van der Waals surface area contributed by atoms with Crippen molar-refractivity contribution in [2.45, 2.75) is 19.4 Å². The van der Waals surface area contributed by atoms with Gasteiger partial charge in [-0.1, -0.05) is 0 Å². The molecule has 1 fully saturated rings. The van der Waals surface area contributed by atoms with E-state index in [1.807, 2.05) is 0 Å². The average molecular weight is 379 g/mol. The predicted molar refractivity (Wildman–Crippen MR) is 96.8 cm³/mol. The zero-order valence-electron chi connectivity index (χ0n) is 14.9. The first-order chi connectivity index (χ1) is 12.3. The lowest BCUT2D eigenvalue weighted by Crippen LogP contribution is -2.19. The lowest BCUT2D eigenvalue weighted by atomic mass is 10.2. The first-order valence-electron chi connectivity index (χ1n) is 8.13. The van der Waals surface area contributed by atoms with Gasteiger partial charge >= 0.3 is 0 Å². The Labute approximate surface area is 152 Å². The number of hydrogen-bond donors (Lipinski definition) is 1. The van der Waals surface area contributed by atoms with Crippen molar-refractivity contribution >= 4 is 21.6 Å². The summed E-state index contributed by atoms with van der Waals surface area (Å²) in [6.07, 6.45) is 0.489. The van der Waals surface area contributed by atoms with Crippen LogP contribution in [0.15, 0.2) is 24.3 Å². The fourth-order valence-corrected chi connectivity index (χ4v) is 4.71. The van der Waals surface area contributed by atoms with Crippen LogP contribution < -0.4 is 14.8 Å². The van der Waals surface area contributed by atoms with Gasteiger partial charge in [0.05, 0.1) is 37.5 Å². The van der Waals surface area contributed by atoms with Crippen molar-refractivity contribution in [1.82, 2.24) is 9.78 Å². The number of nitrogens with one attached hydrogen (secondary N) is 1. The number of ether oxygens (including phenoxy) is 2. The maximum absolute atomic E-state index is 12.6. The molecule has 140 valence electrons. The number of anilines is 1. The van der Waals surface area contributed by atoms with E-state index >= 15 is 0 Å². The number of amides is 1. The zero-order chi connectivity index (χ0) is 18.9. The summed E-state index contributed by atoms with van der Waals surface area (Å²) < 4.78 is 35.5. The number of rotatable bonds is 5. The van der Waals surface area contributed by atoms with Gasteiger partial charge in [0.2, 0.25) is 0 Å². The zero-order valence-corrected chi connectivity index (χ0v) is 15.7. The molecule has 1 aliphatic rings. The molecular weight excluding hydrogens is 358 g/mol. The van der Waals surface area contributed by atoms with Gasteiger partial charge in [-0.15, -0.1) is 0 Å². The van der Waals surface area contributed by atoms with Crippen LogP contribution in [0.3, 0.4) is 0 Å². The van der Waals surface area contributed by atoms with Crippen molar-refractivity contribution in [3.63, 3.8) is 0 Å². The van der Waals surface area contributed by atoms with E-state index in [2.05, 4.69) is 10.4 Å². The third kappa shape index (κ3) is 3.67. The number of carbonyl (C=O) groups excluding carboxylic acids is 1. The van der Waals surface area contributed by atoms with Crippen molar-refractivity contribution in [1.29, 1.82) is 0 Å². The topological polar surface area (TPSA) is 99.5 Å². The standard InChI is InChI=1S/C17H21N3O5S/c1-11-8-16(20(19-11)13-6-7-26(22,23)10-13)18-17(21)12-4-5-14(24-2)15(9-12)25-3/h4-5,8-9,13H,6-7,10H2,1-3H3,(H,18,21). The van der Waals surface area contributed by atoms with E-state index in [0.29, 0.717) is 35.0 Å². The van der Waals surface area contributed by atoms with E-state index in [1.165, 1.54) is 14.2 Å². The van der Waals surface area contributed by atoms with Gasteiger partial charge < -0.3 is 14.8 Å². The minimum atomic E-state index is -3.05. The second kappa shape index (κ2) is 6.99. The highest BCUT2D eigenvalue weighted by Gasteiger charge is 2.31. The monoisotopic (exact) mass is 379 g/mol. The Morgan fingerprint density at radius 1 is 1.23 bits per heavy atom. The van der Waals surface area contributed by atoms with Gasteiger partial charge in [0.1, 0.15) is 5.82 Å². The van der Waals surface area contributed by atoms with Gasteiger partial charge in [-0.2, -0.15) is 5.10 Å². The van der Waals surface area contributed by atoms with Gasteiger partial charge in [-0.05, 0) is 31.5 Å². The largest absolute Gasteiger partial charge is 0.493 e. The summed E-state index contributed by atoms with van der Waals surface area (Å²) in [5.41, 5.74) is 1.10. The van der Waals surface area contributed by atoms with Gasteiger partial charge in [-0.25, -0.2) is 13.1 Å². The molecule has 0 bridgehead atoms. The molecule has 1 aromatic heterocycles. The van der Waals surface area contributed by atoms with E-state index < -0.39 is 9.84 Å². The van der Waals surface area contributed by atoms with Gasteiger partial charge in [0, 0.05) is 11.6 Å². The second-order valence-electron chi connectivity index (χ2n) is 6.20. The highest BCUT2D eigenvalue weighted by atomic mass is 32.2. The smallest absolute Gasteiger partial charge is 0.256 e. The summed E-state index contributed by atoms with van der Waals surface area (Å²) in [6, 6.07) is 6.32. The van der Waals surface area contributed by atoms with Gasteiger partial charge in [0.15, 0.2) is 21.3 Å². The van der Waals surface area contributed by atoms with E-state index in [-0.39, 0.29) is 23.5 Å². The molecule has 1 N–H and O–H groups in total. The van der Waals surface area contributed by atoms with Crippen LogP contribution in [0.4, 0.5) is 5.82 Å². The van der Waals surface area contributed by atoms with Crippen LogP contribution >= 0.6 is 0 Å². The van der Waals surface area contributed by atoms with Gasteiger partial charge in [-0.3, -0.25) is 4.79 Å². The maximum Gasteiger partial charge on any atom is 0.256 e. The van der Waals surface area contributed by atoms with Crippen LogP contribution in [0, 0.1) is 6.92 Å². The molecule has 1 saturated heterocycles. The van der Waals surface area contributed by atoms with E-state index in [9.17, 15) is 13.2 Å². The third-order valence-electron chi connectivity index (χ3n) is 4.30. The number of aromatic nitrogens is 2. The fourth-order valence-electron chi connectivity index (χ4n) is 3.02. The quantitative estimate of drug-likeness (QED) is 0.851. The Hall–Kier alpha value is -2.55. The first-order valence-corrected chi connectivity index (χ1v) is 9.95. The summed E-state index contributed by atoms with van der Waals surface area (Å²) in [4.78, 5) is 12.6. The van der Waals surface area contributed by atoms with Crippen LogP contribution in [0.2, 0.25) is 0 Å². The van der Waals surface area contributed by atoms with Crippen LogP contribution in [0.1, 0.15) is 28.5 Å². The van der Waals surface area contributed by atoms with Crippen LogP contribution in [-0.2, 0) is 9.84 Å². The first kappa shape index (κ1) is 18.2. The number of nitrogens with zero attached hydrogens (tertiary/aromatic N) is 2. The van der Waals surface area contributed by atoms with E-state index in [4.69, 9.17) is 9.47 Å². The minimum absolute atomic E-state index is 0.0351. The maximum atomic E-state index is 12.6. The molecule has 26 heavy (non-hydrogen) atoms. The number of benzene rings is 1. The molecule has 1 aromatic carbocycles. The minimum Gasteiger partial charge on any atom is -0.493 e. The van der Waals surface area contributed by atoms with E-state index in [1.54, 1.807) is 35.9 Å². The Morgan fingerprint density at radius 3 is 2.58 bits per heavy atom. The summed E-state index contributed by atoms with van der Waals surface area (Å²) in [5, 5.41) is 7.17. The SMILES string of the molecule is COc1ccc(C(=O)Nc2cc(C)nn2C2CCS(=O)(=O)C2)cc1OC. The number of hydrogen-bond acceptors (Lipinski definition) is 6. The molecule has 1 amide bonds. The van der Waals surface area contributed by atoms with Crippen molar-refractivity contribution < 1.29 is 22.7 Å². The Morgan fingerprint density at radius 2 is 1.96 bits per heavy atom. The number of carbonyl (C=O) groups is 1. The molecule has 1 atom stereocenters. The fraction of sp³-hybridized carbons (Fsp3) is 0.412. The summed E-state index contributed by atoms with van der Waals surface area (Å²) in [6.45, 7) is 1.80. The summed E-state index contributed by atoms with van der Waals surface area (Å²) in [5.74, 6) is 1.29. The van der Waals surface area contributed by atoms with Crippen LogP contribution in [-0.4, -0.2) is 49.8 Å². The van der Waals surface area contributed by atoms with E-state index in [0.717, 1.165) is 0 Å². The highest BCUT2D eigenvalue weighted by Crippen LogP contribution is 2.29. The normalized spacial score (nSPS) is 18.5. The Balaban J connectivity index is 1.84. The molecule has 2 heterocycles. The lowest BCUT2D eigenvalue weighted by molar-refractivity contribution is 0.102. The third-order valence-corrected chi connectivity index (χ3v) is 6.05. The molecule has 1 aliphatic heterocycles. The Bertz CT molecular complexity index is 936. The van der Waals surface area contributed by atoms with Crippen molar-refractivity contribution in [2.75, 3.05) is 31.0 Å². The van der Waals surface area contributed by atoms with Crippen LogP contribution in [0.5, 0.6) is 11.5 Å². The molecule has 2 aromatic rings. The molecular formula is C17H21N3O5S. The molecule has 0 aliphatic carbocycles. The predicted octanol–water partition coefficient (Wildman–Crippen LogP) is 1.82. The van der Waals surface area contributed by atoms with Crippen molar-refractivity contribution in [2.24, 2.45) is 0 Å². The Kier molecular flexibility index (Phi) is 4.90. The van der Waals surface area contributed by atoms with Crippen LogP contribution in [0.25, 0.3) is 0 Å². The summed E-state index contributed by atoms with van der Waals surface area (Å²) >= 11 is 0.